The largest absolute Gasteiger partial charge is 0.369 e. The van der Waals surface area contributed by atoms with E-state index in [0.717, 1.165) is 21.2 Å². The predicted molar refractivity (Wildman–Crippen MR) is 73.1 cm³/mol. The van der Waals surface area contributed by atoms with Crippen molar-refractivity contribution in [3.63, 3.8) is 0 Å². The summed E-state index contributed by atoms with van der Waals surface area (Å²) in [5, 5.41) is 0. The van der Waals surface area contributed by atoms with Crippen LogP contribution in [0.4, 0.5) is 10.3 Å². The monoisotopic (exact) mass is 305 g/mol. The van der Waals surface area contributed by atoms with Crippen LogP contribution in [0.5, 0.6) is 0 Å². The van der Waals surface area contributed by atoms with Crippen LogP contribution in [0, 0.1) is 5.82 Å². The third-order valence-electron chi connectivity index (χ3n) is 2.73. The molecule has 0 spiro atoms. The molecule has 0 saturated heterocycles. The fraction of sp³-hybridized carbons (Fsp3) is 0. The third-order valence-corrected chi connectivity index (χ3v) is 3.22. The van der Waals surface area contributed by atoms with Crippen LogP contribution in [0.1, 0.15) is 0 Å². The van der Waals surface area contributed by atoms with Gasteiger partial charge in [-0.1, -0.05) is 15.9 Å². The summed E-state index contributed by atoms with van der Waals surface area (Å²) in [6.07, 6.45) is 0. The van der Waals surface area contributed by atoms with Crippen molar-refractivity contribution in [2.75, 3.05) is 5.73 Å². The van der Waals surface area contributed by atoms with Crippen molar-refractivity contribution in [1.82, 2.24) is 9.55 Å². The van der Waals surface area contributed by atoms with Gasteiger partial charge in [-0.25, -0.2) is 9.37 Å². The lowest BCUT2D eigenvalue weighted by Gasteiger charge is -2.06. The fourth-order valence-electron chi connectivity index (χ4n) is 1.93. The van der Waals surface area contributed by atoms with Crippen LogP contribution in [0.25, 0.3) is 16.7 Å². The number of nitrogen functional groups attached to an aromatic ring is 1. The first-order valence-corrected chi connectivity index (χ1v) is 6.14. The molecule has 0 aliphatic rings. The molecule has 0 aliphatic carbocycles. The smallest absolute Gasteiger partial charge is 0.205 e. The van der Waals surface area contributed by atoms with Gasteiger partial charge < -0.3 is 5.73 Å². The Hall–Kier alpha value is -1.88. The number of fused-ring (bicyclic) bond motifs is 1. The van der Waals surface area contributed by atoms with Gasteiger partial charge in [-0.3, -0.25) is 4.57 Å². The van der Waals surface area contributed by atoms with Gasteiger partial charge in [0.1, 0.15) is 5.82 Å². The molecule has 2 aromatic carbocycles. The maximum absolute atomic E-state index is 12.9. The number of hydrogen-bond donors (Lipinski definition) is 1. The van der Waals surface area contributed by atoms with Gasteiger partial charge in [0.25, 0.3) is 0 Å². The van der Waals surface area contributed by atoms with Crippen molar-refractivity contribution in [1.29, 1.82) is 0 Å². The lowest BCUT2D eigenvalue weighted by molar-refractivity contribution is 0.627. The van der Waals surface area contributed by atoms with Gasteiger partial charge in [0.15, 0.2) is 0 Å². The molecule has 18 heavy (non-hydrogen) atoms. The zero-order chi connectivity index (χ0) is 12.7. The molecule has 1 aromatic heterocycles. The average Bonchev–Trinajstić information content (AvgIpc) is 2.66. The Morgan fingerprint density at radius 1 is 1.11 bits per heavy atom. The van der Waals surface area contributed by atoms with Crippen molar-refractivity contribution in [2.24, 2.45) is 0 Å². The number of nitrogens with zero attached hydrogens (tertiary/aromatic N) is 2. The van der Waals surface area contributed by atoms with Gasteiger partial charge in [-0.05, 0) is 42.5 Å². The van der Waals surface area contributed by atoms with E-state index >= 15 is 0 Å². The molecule has 3 nitrogen and oxygen atoms in total. The molecule has 3 rings (SSSR count). The molecule has 0 radical (unpaired) electrons. The summed E-state index contributed by atoms with van der Waals surface area (Å²) in [4.78, 5) is 4.28. The Bertz CT molecular complexity index is 719. The molecule has 0 unspecified atom stereocenters. The SMILES string of the molecule is Nc1nc2ccc(Br)cc2n1-c1ccc(F)cc1. The maximum Gasteiger partial charge on any atom is 0.205 e. The lowest BCUT2D eigenvalue weighted by atomic mass is 10.3. The minimum absolute atomic E-state index is 0.275. The number of nitrogens with two attached hydrogens (primary N) is 1. The fourth-order valence-corrected chi connectivity index (χ4v) is 2.28. The summed E-state index contributed by atoms with van der Waals surface area (Å²) >= 11 is 3.42. The lowest BCUT2D eigenvalue weighted by Crippen LogP contribution is -2.00. The Kier molecular flexibility index (Phi) is 2.56. The normalized spacial score (nSPS) is 11.0. The molecular formula is C13H9BrFN3. The zero-order valence-electron chi connectivity index (χ0n) is 9.27. The van der Waals surface area contributed by atoms with Crippen LogP contribution in [0.2, 0.25) is 0 Å². The highest BCUT2D eigenvalue weighted by Crippen LogP contribution is 2.25. The van der Waals surface area contributed by atoms with Crippen molar-refractivity contribution in [2.45, 2.75) is 0 Å². The van der Waals surface area contributed by atoms with Crippen LogP contribution < -0.4 is 5.73 Å². The van der Waals surface area contributed by atoms with E-state index in [1.54, 1.807) is 16.7 Å². The number of halogens is 2. The molecule has 0 fully saturated rings. The van der Waals surface area contributed by atoms with Gasteiger partial charge in [-0.2, -0.15) is 0 Å². The Morgan fingerprint density at radius 3 is 2.56 bits per heavy atom. The van der Waals surface area contributed by atoms with Gasteiger partial charge in [-0.15, -0.1) is 0 Å². The summed E-state index contributed by atoms with van der Waals surface area (Å²) in [6, 6.07) is 11.9. The van der Waals surface area contributed by atoms with E-state index in [9.17, 15) is 4.39 Å². The molecule has 3 aromatic rings. The van der Waals surface area contributed by atoms with Crippen LogP contribution in [0.3, 0.4) is 0 Å². The number of aromatic nitrogens is 2. The second-order valence-corrected chi connectivity index (χ2v) is 4.83. The van der Waals surface area contributed by atoms with Gasteiger partial charge in [0.2, 0.25) is 5.95 Å². The van der Waals surface area contributed by atoms with Crippen LogP contribution >= 0.6 is 15.9 Å². The van der Waals surface area contributed by atoms with Crippen LogP contribution in [-0.4, -0.2) is 9.55 Å². The molecule has 0 aliphatic heterocycles. The summed E-state index contributed by atoms with van der Waals surface area (Å²) in [7, 11) is 0. The number of anilines is 1. The van der Waals surface area contributed by atoms with E-state index in [-0.39, 0.29) is 5.82 Å². The van der Waals surface area contributed by atoms with Crippen LogP contribution in [-0.2, 0) is 0 Å². The minimum Gasteiger partial charge on any atom is -0.369 e. The van der Waals surface area contributed by atoms with Crippen LogP contribution in [0.15, 0.2) is 46.9 Å². The van der Waals surface area contributed by atoms with Crippen molar-refractivity contribution in [3.8, 4) is 5.69 Å². The zero-order valence-corrected chi connectivity index (χ0v) is 10.9. The average molecular weight is 306 g/mol. The summed E-state index contributed by atoms with van der Waals surface area (Å²) < 4.78 is 15.7. The number of benzene rings is 2. The van der Waals surface area contributed by atoms with Crippen molar-refractivity contribution >= 4 is 32.9 Å². The van der Waals surface area contributed by atoms with E-state index in [0.29, 0.717) is 5.95 Å². The molecular weight excluding hydrogens is 297 g/mol. The topological polar surface area (TPSA) is 43.8 Å². The first-order chi connectivity index (χ1) is 8.65. The number of hydrogen-bond acceptors (Lipinski definition) is 2. The summed E-state index contributed by atoms with van der Waals surface area (Å²) in [6.45, 7) is 0. The molecule has 0 atom stereocenters. The molecule has 2 N–H and O–H groups in total. The Balaban J connectivity index is 2.30. The molecule has 90 valence electrons. The highest BCUT2D eigenvalue weighted by atomic mass is 79.9. The quantitative estimate of drug-likeness (QED) is 0.747. The second kappa shape index (κ2) is 4.10. The van der Waals surface area contributed by atoms with E-state index < -0.39 is 0 Å². The van der Waals surface area contributed by atoms with Gasteiger partial charge in [0, 0.05) is 10.2 Å². The van der Waals surface area contributed by atoms with Gasteiger partial charge >= 0.3 is 0 Å². The summed E-state index contributed by atoms with van der Waals surface area (Å²) in [5.74, 6) is 0.109. The van der Waals surface area contributed by atoms with Crippen molar-refractivity contribution < 1.29 is 4.39 Å². The molecule has 5 heteroatoms. The maximum atomic E-state index is 12.9. The summed E-state index contributed by atoms with van der Waals surface area (Å²) in [5.41, 5.74) is 8.39. The Labute approximate surface area is 111 Å². The predicted octanol–water partition coefficient (Wildman–Crippen LogP) is 3.51. The van der Waals surface area contributed by atoms with E-state index in [1.807, 2.05) is 18.2 Å². The highest BCUT2D eigenvalue weighted by Gasteiger charge is 2.10. The molecule has 1 heterocycles. The molecule has 0 saturated carbocycles. The number of imidazole rings is 1. The van der Waals surface area contributed by atoms with E-state index in [1.165, 1.54) is 12.1 Å². The first kappa shape index (κ1) is 11.2. The van der Waals surface area contributed by atoms with E-state index in [2.05, 4.69) is 20.9 Å². The third kappa shape index (κ3) is 1.76. The molecule has 0 amide bonds. The highest BCUT2D eigenvalue weighted by molar-refractivity contribution is 9.10. The van der Waals surface area contributed by atoms with Gasteiger partial charge in [0.05, 0.1) is 11.0 Å². The van der Waals surface area contributed by atoms with E-state index in [4.69, 9.17) is 5.73 Å². The Morgan fingerprint density at radius 2 is 1.83 bits per heavy atom. The second-order valence-electron chi connectivity index (χ2n) is 3.91. The number of rotatable bonds is 1. The minimum atomic E-state index is -0.275. The first-order valence-electron chi connectivity index (χ1n) is 5.34. The molecule has 0 bridgehead atoms. The van der Waals surface area contributed by atoms with Crippen molar-refractivity contribution in [3.05, 3.63) is 52.8 Å². The standard InChI is InChI=1S/C13H9BrFN3/c14-8-1-6-11-12(7-8)18(13(16)17-11)10-4-2-9(15)3-5-10/h1-7H,(H2,16,17).